The van der Waals surface area contributed by atoms with E-state index in [1.54, 1.807) is 30.3 Å². The number of para-hydroxylation sites is 1. The maximum atomic E-state index is 13.7. The first-order chi connectivity index (χ1) is 9.15. The molecule has 0 saturated carbocycles. The Labute approximate surface area is 114 Å². The fraction of sp³-hybridized carbons (Fsp3) is 0.143. The molecule has 0 aliphatic carbocycles. The van der Waals surface area contributed by atoms with E-state index in [0.717, 1.165) is 5.56 Å². The highest BCUT2D eigenvalue weighted by molar-refractivity contribution is 6.33. The minimum Gasteiger partial charge on any atom is -0.508 e. The molecule has 1 aliphatic heterocycles. The van der Waals surface area contributed by atoms with Gasteiger partial charge in [0.25, 0.3) is 0 Å². The minimum absolute atomic E-state index is 0.142. The summed E-state index contributed by atoms with van der Waals surface area (Å²) in [5.41, 5.74) is 1.14. The van der Waals surface area contributed by atoms with Crippen molar-refractivity contribution in [3.05, 3.63) is 52.8 Å². The molecule has 0 bridgehead atoms. The number of benzene rings is 2. The second-order valence-corrected chi connectivity index (χ2v) is 4.73. The third-order valence-corrected chi connectivity index (χ3v) is 3.37. The van der Waals surface area contributed by atoms with Crippen LogP contribution in [0.2, 0.25) is 5.02 Å². The number of fused-ring (bicyclic) bond motifs is 1. The fourth-order valence-electron chi connectivity index (χ4n) is 2.13. The van der Waals surface area contributed by atoms with Crippen LogP contribution >= 0.6 is 11.6 Å². The van der Waals surface area contributed by atoms with Crippen LogP contribution in [0.5, 0.6) is 11.5 Å². The number of ether oxygens (including phenoxy) is 1. The third-order valence-electron chi connectivity index (χ3n) is 3.06. The molecule has 1 heterocycles. The van der Waals surface area contributed by atoms with Crippen molar-refractivity contribution in [3.8, 4) is 11.5 Å². The van der Waals surface area contributed by atoms with Crippen molar-refractivity contribution in [3.63, 3.8) is 0 Å². The summed E-state index contributed by atoms with van der Waals surface area (Å²) in [6, 6.07) is 9.21. The predicted molar refractivity (Wildman–Crippen MR) is 71.4 cm³/mol. The lowest BCUT2D eigenvalue weighted by Gasteiger charge is -2.15. The van der Waals surface area contributed by atoms with E-state index in [2.05, 4.69) is 5.32 Å². The number of hydrogen-bond donors (Lipinski definition) is 2. The molecule has 0 saturated heterocycles. The van der Waals surface area contributed by atoms with Crippen molar-refractivity contribution in [2.45, 2.75) is 6.04 Å². The lowest BCUT2D eigenvalue weighted by atomic mass is 10.1. The van der Waals surface area contributed by atoms with Crippen molar-refractivity contribution in [2.24, 2.45) is 0 Å². The topological polar surface area (TPSA) is 41.5 Å². The molecule has 98 valence electrons. The monoisotopic (exact) mass is 279 g/mol. The summed E-state index contributed by atoms with van der Waals surface area (Å²) in [4.78, 5) is 0. The van der Waals surface area contributed by atoms with Gasteiger partial charge in [0.2, 0.25) is 0 Å². The average molecular weight is 280 g/mol. The number of aromatic hydroxyl groups is 1. The summed E-state index contributed by atoms with van der Waals surface area (Å²) >= 11 is 5.98. The molecule has 1 atom stereocenters. The zero-order chi connectivity index (χ0) is 13.4. The highest BCUT2D eigenvalue weighted by Gasteiger charge is 2.25. The number of phenols is 1. The van der Waals surface area contributed by atoms with Crippen molar-refractivity contribution >= 4 is 17.3 Å². The number of hydrogen-bond acceptors (Lipinski definition) is 3. The van der Waals surface area contributed by atoms with Crippen LogP contribution in [0, 0.1) is 5.82 Å². The fourth-order valence-corrected chi connectivity index (χ4v) is 2.35. The number of nitrogens with one attached hydrogen (secondary N) is 1. The second-order valence-electron chi connectivity index (χ2n) is 4.33. The van der Waals surface area contributed by atoms with E-state index < -0.39 is 5.82 Å². The Balaban J connectivity index is 1.91. The summed E-state index contributed by atoms with van der Waals surface area (Å²) in [7, 11) is 0. The lowest BCUT2D eigenvalue weighted by molar-refractivity contribution is 0.338. The van der Waals surface area contributed by atoms with E-state index >= 15 is 0 Å². The van der Waals surface area contributed by atoms with Gasteiger partial charge in [0.1, 0.15) is 23.9 Å². The SMILES string of the molecule is Oc1ccc2c(c1)OCC2Nc1c(F)cccc1Cl. The van der Waals surface area contributed by atoms with Crippen LogP contribution < -0.4 is 10.1 Å². The van der Waals surface area contributed by atoms with Crippen molar-refractivity contribution < 1.29 is 14.2 Å². The maximum absolute atomic E-state index is 13.7. The third kappa shape index (κ3) is 2.19. The summed E-state index contributed by atoms with van der Waals surface area (Å²) in [5.74, 6) is 0.341. The molecule has 0 radical (unpaired) electrons. The first-order valence-electron chi connectivity index (χ1n) is 5.81. The molecule has 1 aliphatic rings. The van der Waals surface area contributed by atoms with E-state index in [-0.39, 0.29) is 17.5 Å². The molecule has 0 spiro atoms. The standard InChI is InChI=1S/C14H11ClFNO2/c15-10-2-1-3-11(16)14(10)17-12-7-19-13-6-8(18)4-5-9(12)13/h1-6,12,17-18H,7H2. The number of anilines is 1. The van der Waals surface area contributed by atoms with Crippen molar-refractivity contribution in [2.75, 3.05) is 11.9 Å². The van der Waals surface area contributed by atoms with Crippen LogP contribution in [0.25, 0.3) is 0 Å². The van der Waals surface area contributed by atoms with E-state index in [1.165, 1.54) is 6.07 Å². The molecule has 1 unspecified atom stereocenters. The van der Waals surface area contributed by atoms with Gasteiger partial charge in [-0.3, -0.25) is 0 Å². The maximum Gasteiger partial charge on any atom is 0.147 e. The molecule has 5 heteroatoms. The molecule has 3 rings (SSSR count). The van der Waals surface area contributed by atoms with Crippen molar-refractivity contribution in [1.29, 1.82) is 0 Å². The molecule has 2 aromatic carbocycles. The molecule has 2 aromatic rings. The van der Waals surface area contributed by atoms with Crippen LogP contribution in [0.3, 0.4) is 0 Å². The summed E-state index contributed by atoms with van der Waals surface area (Å²) in [6.07, 6.45) is 0. The van der Waals surface area contributed by atoms with Crippen LogP contribution in [-0.4, -0.2) is 11.7 Å². The van der Waals surface area contributed by atoms with Crippen LogP contribution in [-0.2, 0) is 0 Å². The summed E-state index contributed by atoms with van der Waals surface area (Å²) in [5, 5.41) is 12.7. The average Bonchev–Trinajstić information content (AvgIpc) is 2.76. The highest BCUT2D eigenvalue weighted by atomic mass is 35.5. The Bertz CT molecular complexity index is 613. The molecule has 0 amide bonds. The number of rotatable bonds is 2. The van der Waals surface area contributed by atoms with Gasteiger partial charge in [-0.1, -0.05) is 17.7 Å². The van der Waals surface area contributed by atoms with Gasteiger partial charge in [-0.25, -0.2) is 4.39 Å². The van der Waals surface area contributed by atoms with Gasteiger partial charge >= 0.3 is 0 Å². The van der Waals surface area contributed by atoms with Gasteiger partial charge in [0.15, 0.2) is 0 Å². The Morgan fingerprint density at radius 3 is 2.95 bits per heavy atom. The molecular formula is C14H11ClFNO2. The normalized spacial score (nSPS) is 16.8. The molecular weight excluding hydrogens is 269 g/mol. The van der Waals surface area contributed by atoms with Gasteiger partial charge in [0.05, 0.1) is 16.8 Å². The van der Waals surface area contributed by atoms with Crippen molar-refractivity contribution in [1.82, 2.24) is 0 Å². The summed E-state index contributed by atoms with van der Waals surface area (Å²) < 4.78 is 19.2. The predicted octanol–water partition coefficient (Wildman–Crippen LogP) is 3.73. The lowest BCUT2D eigenvalue weighted by Crippen LogP contribution is -2.13. The van der Waals surface area contributed by atoms with E-state index in [4.69, 9.17) is 16.3 Å². The smallest absolute Gasteiger partial charge is 0.147 e. The van der Waals surface area contributed by atoms with Gasteiger partial charge in [-0.05, 0) is 24.3 Å². The number of phenolic OH excluding ortho intramolecular Hbond substituents is 1. The van der Waals surface area contributed by atoms with E-state index in [9.17, 15) is 9.50 Å². The van der Waals surface area contributed by atoms with Crippen LogP contribution in [0.1, 0.15) is 11.6 Å². The van der Waals surface area contributed by atoms with E-state index in [1.807, 2.05) is 0 Å². The molecule has 0 aromatic heterocycles. The Kier molecular flexibility index (Phi) is 2.95. The zero-order valence-electron chi connectivity index (χ0n) is 9.86. The van der Waals surface area contributed by atoms with Gasteiger partial charge < -0.3 is 15.2 Å². The minimum atomic E-state index is -0.403. The molecule has 0 fully saturated rings. The van der Waals surface area contributed by atoms with Gasteiger partial charge in [0, 0.05) is 11.6 Å². The second kappa shape index (κ2) is 4.63. The van der Waals surface area contributed by atoms with Crippen LogP contribution in [0.4, 0.5) is 10.1 Å². The quantitative estimate of drug-likeness (QED) is 0.880. The Morgan fingerprint density at radius 2 is 2.16 bits per heavy atom. The molecule has 19 heavy (non-hydrogen) atoms. The first kappa shape index (κ1) is 12.1. The highest BCUT2D eigenvalue weighted by Crippen LogP contribution is 2.38. The van der Waals surface area contributed by atoms with Crippen LogP contribution in [0.15, 0.2) is 36.4 Å². The number of halogens is 2. The zero-order valence-corrected chi connectivity index (χ0v) is 10.6. The van der Waals surface area contributed by atoms with Gasteiger partial charge in [-0.15, -0.1) is 0 Å². The summed E-state index contributed by atoms with van der Waals surface area (Å²) in [6.45, 7) is 0.365. The van der Waals surface area contributed by atoms with E-state index in [0.29, 0.717) is 17.4 Å². The first-order valence-corrected chi connectivity index (χ1v) is 6.19. The Morgan fingerprint density at radius 1 is 1.32 bits per heavy atom. The van der Waals surface area contributed by atoms with Gasteiger partial charge in [-0.2, -0.15) is 0 Å². The molecule has 3 nitrogen and oxygen atoms in total. The largest absolute Gasteiger partial charge is 0.508 e. The Hall–Kier alpha value is -1.94. The molecule has 2 N–H and O–H groups in total.